The molecular formula is C23H33N9Na2O14P2S. The summed E-state index contributed by atoms with van der Waals surface area (Å²) in [5.41, 5.74) is 9.60. The van der Waals surface area contributed by atoms with Gasteiger partial charge in [-0.25, -0.2) is 19.4 Å². The number of aliphatic hydroxyl groups excluding tert-OH is 2. The van der Waals surface area contributed by atoms with Crippen molar-refractivity contribution >= 4 is 49.2 Å². The molecule has 0 amide bonds. The van der Waals surface area contributed by atoms with Gasteiger partial charge < -0.3 is 54.9 Å². The monoisotopic (exact) mass is 799 g/mol. The molecule has 0 bridgehead atoms. The fourth-order valence-electron chi connectivity index (χ4n) is 5.18. The van der Waals surface area contributed by atoms with E-state index in [9.17, 15) is 34.2 Å². The Kier molecular flexibility index (Phi) is 16.4. The van der Waals surface area contributed by atoms with Crippen LogP contribution in [0.25, 0.3) is 11.2 Å². The minimum atomic E-state index is -4.73. The van der Waals surface area contributed by atoms with E-state index in [4.69, 9.17) is 44.0 Å². The van der Waals surface area contributed by atoms with E-state index in [2.05, 4.69) is 36.8 Å². The molecular weight excluding hydrogens is 766 g/mol. The van der Waals surface area contributed by atoms with Gasteiger partial charge in [0, 0.05) is 27.0 Å². The predicted molar refractivity (Wildman–Crippen MR) is 165 cm³/mol. The zero-order valence-corrected chi connectivity index (χ0v) is 34.3. The second-order valence-corrected chi connectivity index (χ2v) is 14.9. The van der Waals surface area contributed by atoms with Crippen molar-refractivity contribution in [3.63, 3.8) is 0 Å². The molecule has 8 N–H and O–H groups in total. The Bertz CT molecular complexity index is 1850. The number of nitrogens with two attached hydrogens (primary N) is 2. The van der Waals surface area contributed by atoms with Crippen LogP contribution in [-0.2, 0) is 48.9 Å². The van der Waals surface area contributed by atoms with E-state index in [1.54, 1.807) is 0 Å². The van der Waals surface area contributed by atoms with E-state index in [0.717, 1.165) is 4.57 Å². The topological polar surface area (TPSA) is 331 Å². The minimum Gasteiger partial charge on any atom is -0.812 e. The zero-order valence-electron chi connectivity index (χ0n) is 27.7. The van der Waals surface area contributed by atoms with Crippen molar-refractivity contribution < 1.29 is 116 Å². The van der Waals surface area contributed by atoms with Crippen molar-refractivity contribution in [3.8, 4) is 0 Å². The largest absolute Gasteiger partial charge is 1.00 e. The van der Waals surface area contributed by atoms with Crippen LogP contribution >= 0.6 is 14.5 Å². The number of nitrogens with one attached hydrogen (secondary N) is 2. The standard InChI is InChI=1S/C23H35N9O14P2S.2Na/c1-40-6-4-27-47(37,42-7-10-14(33)15(34)20(44-10)31-5-3-12(24)28-23(31)36)46-16-11(8-43-48(38,39)49)45-21(17(16)41-2)32-9-26-13-18(32)29-22(25)30-19(13)35;;/h3,5,9-11,14-17,20-21,33-34H,4,6-8H2,1-2H3,(H,27,37)(H2,24,28,36)(H2,38,39,49)(H3,25,29,30,35);;/q;2*+1/p-2/t10-,11-,14-,15-,16-,17-,20-,21-,47?;;/m1../s1. The van der Waals surface area contributed by atoms with E-state index >= 15 is 0 Å². The normalized spacial score (nSPS) is 27.6. The molecule has 5 heterocycles. The first kappa shape index (κ1) is 44.6. The van der Waals surface area contributed by atoms with Crippen LogP contribution in [0.3, 0.4) is 0 Å². The Morgan fingerprint density at radius 3 is 2.37 bits per heavy atom. The molecule has 5 rings (SSSR count). The van der Waals surface area contributed by atoms with Gasteiger partial charge in [0.2, 0.25) is 5.95 Å². The number of anilines is 2. The van der Waals surface area contributed by atoms with Gasteiger partial charge in [0.15, 0.2) is 23.6 Å². The summed E-state index contributed by atoms with van der Waals surface area (Å²) in [6.07, 6.45) is -8.89. The number of hydrogen-bond acceptors (Lipinski definition) is 20. The Labute approximate surface area is 337 Å². The van der Waals surface area contributed by atoms with Crippen LogP contribution in [0.1, 0.15) is 12.5 Å². The molecule has 1 unspecified atom stereocenters. The summed E-state index contributed by atoms with van der Waals surface area (Å²) in [7, 11) is -1.89. The number of ether oxygens (including phenoxy) is 4. The van der Waals surface area contributed by atoms with E-state index in [1.165, 1.54) is 37.4 Å². The summed E-state index contributed by atoms with van der Waals surface area (Å²) >= 11 is 4.36. The van der Waals surface area contributed by atoms with Crippen molar-refractivity contribution in [2.45, 2.75) is 49.1 Å². The van der Waals surface area contributed by atoms with Gasteiger partial charge in [-0.1, -0.05) is 6.72 Å². The molecule has 3 aromatic rings. The summed E-state index contributed by atoms with van der Waals surface area (Å²) in [5, 5.41) is 23.9. The van der Waals surface area contributed by atoms with Gasteiger partial charge in [-0.15, -0.1) is 11.8 Å². The number of H-pyrrole nitrogens is 1. The number of methoxy groups -OCH3 is 2. The number of rotatable bonds is 15. The third-order valence-electron chi connectivity index (χ3n) is 7.42. The molecule has 2 aliphatic heterocycles. The molecule has 0 spiro atoms. The van der Waals surface area contributed by atoms with E-state index in [1.807, 2.05) is 0 Å². The quantitative estimate of drug-likeness (QED) is 0.0472. The first-order valence-electron chi connectivity index (χ1n) is 14.2. The molecule has 2 aliphatic rings. The molecule has 272 valence electrons. The summed E-state index contributed by atoms with van der Waals surface area (Å²) in [6, 6.07) is 1.28. The van der Waals surface area contributed by atoms with E-state index in [-0.39, 0.29) is 95.2 Å². The molecule has 0 aliphatic carbocycles. The molecule has 0 saturated carbocycles. The fraction of sp³-hybridized carbons (Fsp3) is 0.609. The first-order chi connectivity index (χ1) is 23.1. The third-order valence-corrected chi connectivity index (χ3v) is 9.83. The fourth-order valence-corrected chi connectivity index (χ4v) is 7.21. The van der Waals surface area contributed by atoms with Crippen LogP contribution in [0.4, 0.5) is 11.8 Å². The molecule has 2 fully saturated rings. The van der Waals surface area contributed by atoms with Crippen molar-refractivity contribution in [3.05, 3.63) is 39.4 Å². The molecule has 0 radical (unpaired) electrons. The van der Waals surface area contributed by atoms with Crippen molar-refractivity contribution in [1.82, 2.24) is 34.2 Å². The van der Waals surface area contributed by atoms with E-state index in [0.29, 0.717) is 0 Å². The van der Waals surface area contributed by atoms with Crippen LogP contribution in [-0.4, -0.2) is 116 Å². The second-order valence-electron chi connectivity index (χ2n) is 10.6. The van der Waals surface area contributed by atoms with Crippen LogP contribution in [0.2, 0.25) is 0 Å². The maximum absolute atomic E-state index is 14.3. The molecule has 28 heteroatoms. The Balaban J connectivity index is 0.00000351. The number of nitrogens with zero attached hydrogens (tertiary/aromatic N) is 5. The maximum Gasteiger partial charge on any atom is 1.00 e. The summed E-state index contributed by atoms with van der Waals surface area (Å²) in [5.74, 6) is -0.314. The number of fused-ring (bicyclic) bond motifs is 1. The van der Waals surface area contributed by atoms with Crippen molar-refractivity contribution in [1.29, 1.82) is 0 Å². The number of nitrogen functional groups attached to an aromatic ring is 2. The molecule has 2 saturated heterocycles. The van der Waals surface area contributed by atoms with Gasteiger partial charge in [-0.2, -0.15) is 9.97 Å². The first-order valence-corrected chi connectivity index (χ1v) is 18.3. The number of hydrogen-bond donors (Lipinski definition) is 6. The number of aromatic amines is 1. The number of aromatic nitrogens is 6. The smallest absolute Gasteiger partial charge is 0.812 e. The van der Waals surface area contributed by atoms with Crippen molar-refractivity contribution in [2.75, 3.05) is 52.1 Å². The maximum atomic E-state index is 14.3. The van der Waals surface area contributed by atoms with Crippen LogP contribution in [0, 0.1) is 0 Å². The molecule has 9 atom stereocenters. The zero-order chi connectivity index (χ0) is 35.7. The number of aliphatic hydroxyl groups is 2. The summed E-state index contributed by atoms with van der Waals surface area (Å²) in [4.78, 5) is 62.3. The molecule has 0 aromatic carbocycles. The predicted octanol–water partition coefficient (Wildman–Crippen LogP) is -10.2. The molecule has 3 aromatic heterocycles. The summed E-state index contributed by atoms with van der Waals surface area (Å²) < 4.78 is 55.3. The Hall–Kier alpha value is -0.770. The minimum absolute atomic E-state index is 0. The average molecular weight is 800 g/mol. The van der Waals surface area contributed by atoms with Gasteiger partial charge in [-0.05, 0) is 6.07 Å². The Morgan fingerprint density at radius 1 is 1.04 bits per heavy atom. The van der Waals surface area contributed by atoms with Crippen LogP contribution in [0.5, 0.6) is 0 Å². The van der Waals surface area contributed by atoms with Crippen LogP contribution in [0.15, 0.2) is 28.2 Å². The van der Waals surface area contributed by atoms with E-state index < -0.39 is 88.0 Å². The second kappa shape index (κ2) is 18.7. The Morgan fingerprint density at radius 2 is 1.73 bits per heavy atom. The average Bonchev–Trinajstić information content (AvgIpc) is 3.68. The van der Waals surface area contributed by atoms with Gasteiger partial charge >= 0.3 is 72.6 Å². The van der Waals surface area contributed by atoms with Crippen LogP contribution < -0.4 is 96.7 Å². The van der Waals surface area contributed by atoms with Crippen molar-refractivity contribution in [2.24, 2.45) is 0 Å². The van der Waals surface area contributed by atoms with Gasteiger partial charge in [0.1, 0.15) is 42.4 Å². The van der Waals surface area contributed by atoms with Gasteiger partial charge in [0.25, 0.3) is 5.56 Å². The third kappa shape index (κ3) is 10.5. The van der Waals surface area contributed by atoms with Gasteiger partial charge in [-0.3, -0.25) is 28.0 Å². The van der Waals surface area contributed by atoms with Gasteiger partial charge in [0.05, 0.1) is 26.1 Å². The number of imidazole rings is 1. The molecule has 23 nitrogen and oxygen atoms in total. The summed E-state index contributed by atoms with van der Waals surface area (Å²) in [6.45, 7) is -6.20. The SMILES string of the molecule is COCCNP(=O)(OC[C@H]1O[C@@H](n2ccc(N)nc2=O)[C@H](O)[C@@H]1O)O[C@H]1[C@@H](OC)[C@H](n2cnc3c(=O)[nH]c(N)nc32)O[C@@H]1COP([O-])([O-])=S.[Na+].[Na+]. The molecule has 51 heavy (non-hydrogen) atoms.